The van der Waals surface area contributed by atoms with Gasteiger partial charge in [0.25, 0.3) is 0 Å². The minimum absolute atomic E-state index is 0.788. The quantitative estimate of drug-likeness (QED) is 0.259. The highest BCUT2D eigenvalue weighted by molar-refractivity contribution is 9.42. The lowest BCUT2D eigenvalue weighted by Gasteiger charge is -2.57. The summed E-state index contributed by atoms with van der Waals surface area (Å²) in [5, 5.41) is 0. The van der Waals surface area contributed by atoms with Crippen molar-refractivity contribution in [2.24, 2.45) is 5.41 Å². The Morgan fingerprint density at radius 1 is 0.636 bits per heavy atom. The van der Waals surface area contributed by atoms with Crippen LogP contribution < -0.4 is 0 Å². The molecule has 0 nitrogen and oxygen atoms in total. The van der Waals surface area contributed by atoms with Gasteiger partial charge in [-0.1, -0.05) is 199 Å². The zero-order valence-electron chi connectivity index (χ0n) is 9.97. The molecule has 0 aromatic heterocycles. The van der Waals surface area contributed by atoms with Gasteiger partial charge in [0.05, 0.1) is 0 Å². The van der Waals surface area contributed by atoms with Crippen LogP contribution in [0, 0.1) is 11.5 Å². The van der Waals surface area contributed by atoms with Crippen LogP contribution in [-0.2, 0) is 3.23 Å². The molecular weight excluding hydrogens is 1010 g/mol. The summed E-state index contributed by atoms with van der Waals surface area (Å²) in [6, 6.07) is 10.9. The summed E-state index contributed by atoms with van der Waals surface area (Å²) in [5.41, 5.74) is 0.0425. The minimum Gasteiger partial charge on any atom is -0.0664 e. The molecule has 0 unspecified atom stereocenters. The zero-order valence-corrected chi connectivity index (χ0v) is 27.4. The van der Waals surface area contributed by atoms with Gasteiger partial charge in [-0.05, 0) is 11.6 Å². The van der Waals surface area contributed by atoms with Crippen molar-refractivity contribution in [3.8, 4) is 0 Å². The molecule has 0 aliphatic carbocycles. The summed E-state index contributed by atoms with van der Waals surface area (Å²) >= 11 is 40.9. The van der Waals surface area contributed by atoms with Gasteiger partial charge in [-0.3, -0.25) is 0 Å². The van der Waals surface area contributed by atoms with E-state index in [1.165, 1.54) is 0 Å². The molecule has 0 fully saturated rings. The third-order valence-corrected chi connectivity index (χ3v) is 10.2. The topological polar surface area (TPSA) is 0 Å². The van der Waals surface area contributed by atoms with Gasteiger partial charge in [0.2, 0.25) is 0 Å². The van der Waals surface area contributed by atoms with Crippen molar-refractivity contribution in [1.29, 1.82) is 0 Å². The summed E-state index contributed by atoms with van der Waals surface area (Å²) < 4.78 is -3.16. The van der Waals surface area contributed by atoms with Crippen LogP contribution in [0.1, 0.15) is 5.56 Å². The summed E-state index contributed by atoms with van der Waals surface area (Å²) in [6.45, 7) is 0. The zero-order chi connectivity index (χ0) is 17.6. The van der Waals surface area contributed by atoms with Gasteiger partial charge >= 0.3 is 0 Å². The molecule has 22 heavy (non-hydrogen) atoms. The largest absolute Gasteiger partial charge is 0.149 e. The molecule has 1 radical (unpaired) electrons. The van der Waals surface area contributed by atoms with Crippen molar-refractivity contribution in [3.05, 3.63) is 35.9 Å². The molecule has 0 aliphatic rings. The van der Waals surface area contributed by atoms with Crippen LogP contribution in [0.15, 0.2) is 24.3 Å². The van der Waals surface area contributed by atoms with Crippen molar-refractivity contribution >= 4 is 175 Å². The maximum Gasteiger partial charge on any atom is 0.149 e. The van der Waals surface area contributed by atoms with Crippen LogP contribution in [0.25, 0.3) is 0 Å². The van der Waals surface area contributed by atoms with Crippen molar-refractivity contribution in [1.82, 2.24) is 0 Å². The predicted octanol–water partition coefficient (Wildman–Crippen LogP) is 9.93. The molecule has 0 saturated carbocycles. The van der Waals surface area contributed by atoms with Crippen LogP contribution in [0.3, 0.4) is 0 Å². The van der Waals surface area contributed by atoms with E-state index in [1.807, 2.05) is 24.3 Å². The lowest BCUT2D eigenvalue weighted by atomic mass is 9.87. The Morgan fingerprint density at radius 2 is 1.05 bits per heavy atom. The molecule has 0 spiro atoms. The summed E-state index contributed by atoms with van der Waals surface area (Å²) in [6.07, 6.45) is 0. The monoisotopic (exact) mass is 1000 g/mol. The fourth-order valence-corrected chi connectivity index (χ4v) is 24.1. The average molecular weight is 1020 g/mol. The third-order valence-electron chi connectivity index (χ3n) is 2.79. The molecule has 0 N–H and O–H groups in total. The summed E-state index contributed by atoms with van der Waals surface area (Å²) in [4.78, 5) is 0. The number of halogens is 11. The van der Waals surface area contributed by atoms with E-state index in [0.717, 1.165) is 5.56 Å². The van der Waals surface area contributed by atoms with Crippen molar-refractivity contribution in [2.45, 2.75) is 9.66 Å². The molecule has 0 aliphatic heterocycles. The highest BCUT2D eigenvalue weighted by atomic mass is 80.0. The predicted molar refractivity (Wildman–Crippen MR) is 136 cm³/mol. The SMILES string of the molecule is BrC(Br)(Br)C(C(Br)(Br)Br)(C(Br)(Br)Br)C(Br)(Br)c1[c]cccc1. The van der Waals surface area contributed by atoms with E-state index in [-0.39, 0.29) is 0 Å². The molecule has 11 heteroatoms. The fourth-order valence-electron chi connectivity index (χ4n) is 1.81. The Bertz CT molecular complexity index is 470. The van der Waals surface area contributed by atoms with Gasteiger partial charge in [0.1, 0.15) is 15.1 Å². The molecule has 0 saturated heterocycles. The van der Waals surface area contributed by atoms with Crippen LogP contribution in [0.4, 0.5) is 0 Å². The van der Waals surface area contributed by atoms with E-state index in [1.54, 1.807) is 0 Å². The van der Waals surface area contributed by atoms with E-state index in [2.05, 4.69) is 181 Å². The first-order chi connectivity index (χ1) is 9.61. The third kappa shape index (κ3) is 4.56. The molecule has 0 amide bonds. The molecule has 0 heterocycles. The molecule has 0 bridgehead atoms. The molecule has 125 valence electrons. The maximum absolute atomic E-state index is 3.84. The fraction of sp³-hybridized carbons (Fsp3) is 0.455. The van der Waals surface area contributed by atoms with Crippen LogP contribution >= 0.6 is 175 Å². The van der Waals surface area contributed by atoms with Crippen molar-refractivity contribution in [3.63, 3.8) is 0 Å². The second kappa shape index (κ2) is 8.47. The number of hydrogen-bond donors (Lipinski definition) is 0. The van der Waals surface area contributed by atoms with E-state index >= 15 is 0 Å². The van der Waals surface area contributed by atoms with Gasteiger partial charge < -0.3 is 0 Å². The van der Waals surface area contributed by atoms with Crippen molar-refractivity contribution in [2.75, 3.05) is 0 Å². The molecule has 0 atom stereocenters. The molecule has 1 rings (SSSR count). The van der Waals surface area contributed by atoms with E-state index in [0.29, 0.717) is 0 Å². The van der Waals surface area contributed by atoms with E-state index < -0.39 is 15.1 Å². The molecule has 1 aromatic rings. The van der Waals surface area contributed by atoms with Gasteiger partial charge in [0, 0.05) is 0 Å². The lowest BCUT2D eigenvalue weighted by Crippen LogP contribution is -2.61. The van der Waals surface area contributed by atoms with Gasteiger partial charge in [-0.15, -0.1) is 0 Å². The van der Waals surface area contributed by atoms with Crippen LogP contribution in [-0.4, -0.2) is 6.43 Å². The first-order valence-electron chi connectivity index (χ1n) is 5.16. The Balaban J connectivity index is 3.87. The lowest BCUT2D eigenvalue weighted by molar-refractivity contribution is 0.346. The highest BCUT2D eigenvalue weighted by Gasteiger charge is 2.76. The second-order valence-corrected chi connectivity index (χ2v) is 27.8. The van der Waals surface area contributed by atoms with Crippen LogP contribution in [0.5, 0.6) is 0 Å². The number of rotatable bonds is 2. The molecular formula is C11H4Br11. The van der Waals surface area contributed by atoms with Gasteiger partial charge in [-0.2, -0.15) is 0 Å². The summed E-state index contributed by atoms with van der Waals surface area (Å²) in [7, 11) is 0. The first-order valence-corrected chi connectivity index (χ1v) is 13.9. The van der Waals surface area contributed by atoms with Gasteiger partial charge in [0.15, 0.2) is 0 Å². The smallest absolute Gasteiger partial charge is 0.0664 e. The standard InChI is InChI=1S/C11H4Br11/c12-7(13,6-4-2-1-3-5-6)8(9(14,15)16,10(17,18)19)11(20,21)22/h1-4H. The number of benzene rings is 1. The Kier molecular flexibility index (Phi) is 9.45. The van der Waals surface area contributed by atoms with E-state index in [4.69, 9.17) is 0 Å². The maximum atomic E-state index is 3.84. The van der Waals surface area contributed by atoms with Crippen molar-refractivity contribution < 1.29 is 0 Å². The average Bonchev–Trinajstić information content (AvgIpc) is 2.23. The Hall–Kier alpha value is 4.50. The first kappa shape index (κ1) is 24.5. The number of hydrogen-bond acceptors (Lipinski definition) is 0. The van der Waals surface area contributed by atoms with Crippen LogP contribution in [0.2, 0.25) is 0 Å². The second-order valence-electron chi connectivity index (χ2n) is 4.09. The number of alkyl halides is 11. The minimum atomic E-state index is -0.835. The molecule has 1 aromatic carbocycles. The highest BCUT2D eigenvalue weighted by Crippen LogP contribution is 2.80. The Labute approximate surface area is 222 Å². The Morgan fingerprint density at radius 3 is 1.32 bits per heavy atom. The normalized spacial score (nSPS) is 15.0. The summed E-state index contributed by atoms with van der Waals surface area (Å²) in [5.74, 6) is 0. The van der Waals surface area contributed by atoms with Gasteiger partial charge in [-0.25, -0.2) is 0 Å². The van der Waals surface area contributed by atoms with E-state index in [9.17, 15) is 0 Å².